The molecule has 0 aliphatic heterocycles. The Morgan fingerprint density at radius 3 is 3.00 bits per heavy atom. The Labute approximate surface area is 81.9 Å². The first-order chi connectivity index (χ1) is 6.72. The molecule has 0 atom stereocenters. The number of nitrogens with one attached hydrogen (secondary N) is 1. The SMILES string of the molecule is Cc1cc2cc[nH]c2cc1C(=O)CN. The van der Waals surface area contributed by atoms with Crippen molar-refractivity contribution < 1.29 is 4.79 Å². The van der Waals surface area contributed by atoms with Crippen molar-refractivity contribution in [1.82, 2.24) is 4.98 Å². The Kier molecular flexibility index (Phi) is 2.09. The molecule has 72 valence electrons. The van der Waals surface area contributed by atoms with E-state index in [0.29, 0.717) is 5.56 Å². The third-order valence-electron chi connectivity index (χ3n) is 2.38. The summed E-state index contributed by atoms with van der Waals surface area (Å²) in [5.41, 5.74) is 8.00. The predicted octanol–water partition coefficient (Wildman–Crippen LogP) is 1.62. The third kappa shape index (κ3) is 1.32. The van der Waals surface area contributed by atoms with Gasteiger partial charge >= 0.3 is 0 Å². The van der Waals surface area contributed by atoms with Gasteiger partial charge in [-0.25, -0.2) is 0 Å². The second kappa shape index (κ2) is 3.27. The fraction of sp³-hybridized carbons (Fsp3) is 0.182. The maximum absolute atomic E-state index is 11.5. The van der Waals surface area contributed by atoms with Gasteiger partial charge in [0, 0.05) is 17.3 Å². The predicted molar refractivity (Wildman–Crippen MR) is 56.4 cm³/mol. The number of Topliss-reactive ketones (excluding diaryl/α,β-unsaturated/α-hetero) is 1. The molecule has 1 heterocycles. The van der Waals surface area contributed by atoms with Gasteiger partial charge < -0.3 is 10.7 Å². The molecule has 14 heavy (non-hydrogen) atoms. The molecule has 2 aromatic rings. The topological polar surface area (TPSA) is 58.9 Å². The maximum Gasteiger partial charge on any atom is 0.176 e. The van der Waals surface area contributed by atoms with Gasteiger partial charge in [0.25, 0.3) is 0 Å². The van der Waals surface area contributed by atoms with Crippen molar-refractivity contribution in [3.05, 3.63) is 35.5 Å². The molecule has 3 heteroatoms. The van der Waals surface area contributed by atoms with Crippen LogP contribution in [-0.2, 0) is 0 Å². The highest BCUT2D eigenvalue weighted by atomic mass is 16.1. The molecule has 0 spiro atoms. The number of hydrogen-bond acceptors (Lipinski definition) is 2. The quantitative estimate of drug-likeness (QED) is 0.703. The molecule has 1 aromatic carbocycles. The Bertz CT molecular complexity index is 485. The molecule has 3 nitrogen and oxygen atoms in total. The van der Waals surface area contributed by atoms with E-state index in [9.17, 15) is 4.79 Å². The van der Waals surface area contributed by atoms with Crippen molar-refractivity contribution in [2.45, 2.75) is 6.92 Å². The van der Waals surface area contributed by atoms with Crippen molar-refractivity contribution in [2.75, 3.05) is 6.54 Å². The van der Waals surface area contributed by atoms with Gasteiger partial charge in [-0.15, -0.1) is 0 Å². The van der Waals surface area contributed by atoms with Crippen LogP contribution in [0.3, 0.4) is 0 Å². The van der Waals surface area contributed by atoms with Gasteiger partial charge in [0.1, 0.15) is 0 Å². The Hall–Kier alpha value is -1.61. The van der Waals surface area contributed by atoms with Gasteiger partial charge in [0.05, 0.1) is 6.54 Å². The van der Waals surface area contributed by atoms with E-state index in [-0.39, 0.29) is 12.3 Å². The number of H-pyrrole nitrogens is 1. The molecule has 2 rings (SSSR count). The average molecular weight is 188 g/mol. The molecule has 0 aliphatic carbocycles. The summed E-state index contributed by atoms with van der Waals surface area (Å²) in [7, 11) is 0. The highest BCUT2D eigenvalue weighted by Crippen LogP contribution is 2.18. The lowest BCUT2D eigenvalue weighted by molar-refractivity contribution is 0.100. The second-order valence-electron chi connectivity index (χ2n) is 3.36. The fourth-order valence-corrected chi connectivity index (χ4v) is 1.62. The van der Waals surface area contributed by atoms with E-state index >= 15 is 0 Å². The van der Waals surface area contributed by atoms with Gasteiger partial charge in [-0.05, 0) is 36.1 Å². The highest BCUT2D eigenvalue weighted by Gasteiger charge is 2.08. The van der Waals surface area contributed by atoms with Crippen molar-refractivity contribution in [2.24, 2.45) is 5.73 Å². The number of carbonyl (C=O) groups is 1. The van der Waals surface area contributed by atoms with Crippen molar-refractivity contribution in [1.29, 1.82) is 0 Å². The average Bonchev–Trinajstić information content (AvgIpc) is 2.62. The van der Waals surface area contributed by atoms with Crippen LogP contribution in [-0.4, -0.2) is 17.3 Å². The maximum atomic E-state index is 11.5. The zero-order valence-corrected chi connectivity index (χ0v) is 8.00. The van der Waals surface area contributed by atoms with Gasteiger partial charge in [-0.1, -0.05) is 0 Å². The van der Waals surface area contributed by atoms with E-state index in [1.807, 2.05) is 31.3 Å². The minimum Gasteiger partial charge on any atom is -0.361 e. The van der Waals surface area contributed by atoms with E-state index in [1.165, 1.54) is 0 Å². The van der Waals surface area contributed by atoms with Crippen LogP contribution in [0.4, 0.5) is 0 Å². The van der Waals surface area contributed by atoms with Crippen LogP contribution in [0.5, 0.6) is 0 Å². The standard InChI is InChI=1S/C11H12N2O/c1-7-4-8-2-3-13-10(8)5-9(7)11(14)6-12/h2-5,13H,6,12H2,1H3. The van der Waals surface area contributed by atoms with Gasteiger partial charge in [0.2, 0.25) is 0 Å². The number of rotatable bonds is 2. The first kappa shape index (κ1) is 8.97. The highest BCUT2D eigenvalue weighted by molar-refractivity contribution is 6.01. The Morgan fingerprint density at radius 2 is 2.29 bits per heavy atom. The van der Waals surface area contributed by atoms with Crippen LogP contribution in [0, 0.1) is 6.92 Å². The molecule has 0 radical (unpaired) electrons. The van der Waals surface area contributed by atoms with Crippen molar-refractivity contribution >= 4 is 16.7 Å². The van der Waals surface area contributed by atoms with Crippen LogP contribution >= 0.6 is 0 Å². The summed E-state index contributed by atoms with van der Waals surface area (Å²) in [5, 5.41) is 1.12. The Balaban J connectivity index is 2.64. The van der Waals surface area contributed by atoms with E-state index in [4.69, 9.17) is 5.73 Å². The summed E-state index contributed by atoms with van der Waals surface area (Å²) in [5.74, 6) is -0.0148. The molecule has 0 saturated carbocycles. The van der Waals surface area contributed by atoms with E-state index in [2.05, 4.69) is 4.98 Å². The fourth-order valence-electron chi connectivity index (χ4n) is 1.62. The lowest BCUT2D eigenvalue weighted by Crippen LogP contribution is -2.14. The largest absolute Gasteiger partial charge is 0.361 e. The number of aryl methyl sites for hydroxylation is 1. The summed E-state index contributed by atoms with van der Waals surface area (Å²) in [6, 6.07) is 5.84. The zero-order chi connectivity index (χ0) is 10.1. The number of ketones is 1. The Morgan fingerprint density at radius 1 is 1.50 bits per heavy atom. The number of aromatic amines is 1. The molecule has 1 aromatic heterocycles. The van der Waals surface area contributed by atoms with Gasteiger partial charge in [-0.3, -0.25) is 4.79 Å². The molecule has 0 amide bonds. The van der Waals surface area contributed by atoms with Crippen LogP contribution in [0.25, 0.3) is 10.9 Å². The summed E-state index contributed by atoms with van der Waals surface area (Å²) < 4.78 is 0. The van der Waals surface area contributed by atoms with Crippen LogP contribution < -0.4 is 5.73 Å². The zero-order valence-electron chi connectivity index (χ0n) is 8.00. The smallest absolute Gasteiger partial charge is 0.176 e. The number of nitrogens with two attached hydrogens (primary N) is 1. The first-order valence-corrected chi connectivity index (χ1v) is 4.53. The number of carbonyl (C=O) groups excluding carboxylic acids is 1. The molecule has 0 fully saturated rings. The number of benzene rings is 1. The molecular weight excluding hydrogens is 176 g/mol. The number of aromatic nitrogens is 1. The van der Waals surface area contributed by atoms with Gasteiger partial charge in [-0.2, -0.15) is 0 Å². The van der Waals surface area contributed by atoms with E-state index in [0.717, 1.165) is 16.5 Å². The van der Waals surface area contributed by atoms with Gasteiger partial charge in [0.15, 0.2) is 5.78 Å². The normalized spacial score (nSPS) is 10.7. The molecule has 0 aliphatic rings. The lowest BCUT2D eigenvalue weighted by atomic mass is 10.0. The minimum absolute atomic E-state index is 0.0148. The minimum atomic E-state index is -0.0148. The summed E-state index contributed by atoms with van der Waals surface area (Å²) in [6.45, 7) is 1.99. The molecular formula is C11H12N2O. The lowest BCUT2D eigenvalue weighted by Gasteiger charge is -2.03. The number of hydrogen-bond donors (Lipinski definition) is 2. The monoisotopic (exact) mass is 188 g/mol. The van der Waals surface area contributed by atoms with Crippen molar-refractivity contribution in [3.8, 4) is 0 Å². The number of fused-ring (bicyclic) bond motifs is 1. The van der Waals surface area contributed by atoms with Crippen LogP contribution in [0.15, 0.2) is 24.4 Å². The first-order valence-electron chi connectivity index (χ1n) is 4.53. The summed E-state index contributed by atoms with van der Waals surface area (Å²) in [4.78, 5) is 14.5. The molecule has 3 N–H and O–H groups in total. The molecule has 0 unspecified atom stereocenters. The van der Waals surface area contributed by atoms with Crippen LogP contribution in [0.2, 0.25) is 0 Å². The van der Waals surface area contributed by atoms with Crippen molar-refractivity contribution in [3.63, 3.8) is 0 Å². The van der Waals surface area contributed by atoms with E-state index < -0.39 is 0 Å². The molecule has 0 saturated heterocycles. The third-order valence-corrected chi connectivity index (χ3v) is 2.38. The van der Waals surface area contributed by atoms with Crippen LogP contribution in [0.1, 0.15) is 15.9 Å². The summed E-state index contributed by atoms with van der Waals surface area (Å²) in [6.07, 6.45) is 1.86. The summed E-state index contributed by atoms with van der Waals surface area (Å²) >= 11 is 0. The molecule has 0 bridgehead atoms. The second-order valence-corrected chi connectivity index (χ2v) is 3.36. The van der Waals surface area contributed by atoms with E-state index in [1.54, 1.807) is 0 Å².